The maximum Gasteiger partial charge on any atom is 0.0992 e. The van der Waals surface area contributed by atoms with E-state index in [0.717, 1.165) is 17.4 Å². The molecular weight excluding hydrogens is 230 g/mol. The summed E-state index contributed by atoms with van der Waals surface area (Å²) in [6.45, 7) is 4.00. The average Bonchev–Trinajstić information content (AvgIpc) is 2.87. The highest BCUT2D eigenvalue weighted by atomic mass is 35.5. The van der Waals surface area contributed by atoms with Crippen LogP contribution >= 0.6 is 11.6 Å². The Morgan fingerprint density at radius 1 is 1.29 bits per heavy atom. The molecule has 0 unspecified atom stereocenters. The first kappa shape index (κ1) is 14.1. The number of hydrogen-bond acceptors (Lipinski definition) is 1. The zero-order valence-corrected chi connectivity index (χ0v) is 11.4. The zero-order valence-electron chi connectivity index (χ0n) is 10.7. The summed E-state index contributed by atoms with van der Waals surface area (Å²) in [6.07, 6.45) is 6.45. The first-order valence-corrected chi connectivity index (χ1v) is 6.86. The van der Waals surface area contributed by atoms with Gasteiger partial charge in [-0.25, -0.2) is 0 Å². The third-order valence-electron chi connectivity index (χ3n) is 3.17. The smallest absolute Gasteiger partial charge is 0.0992 e. The first-order valence-electron chi connectivity index (χ1n) is 6.48. The highest BCUT2D eigenvalue weighted by Gasteiger charge is 2.16. The summed E-state index contributed by atoms with van der Waals surface area (Å²) in [4.78, 5) is 0. The van der Waals surface area contributed by atoms with Gasteiger partial charge in [0.15, 0.2) is 0 Å². The van der Waals surface area contributed by atoms with Crippen molar-refractivity contribution in [3.05, 3.63) is 34.3 Å². The minimum absolute atomic E-state index is 0.648. The van der Waals surface area contributed by atoms with Crippen LogP contribution in [0.5, 0.6) is 0 Å². The third-order valence-corrected chi connectivity index (χ3v) is 3.52. The lowest BCUT2D eigenvalue weighted by Crippen LogP contribution is -1.99. The maximum absolute atomic E-state index is 8.73. The van der Waals surface area contributed by atoms with E-state index in [1.54, 1.807) is 6.07 Å². The molecule has 92 valence electrons. The Hall–Kier alpha value is -1.00. The van der Waals surface area contributed by atoms with E-state index < -0.39 is 0 Å². The highest BCUT2D eigenvalue weighted by molar-refractivity contribution is 6.31. The molecule has 0 amide bonds. The van der Waals surface area contributed by atoms with Crippen LogP contribution in [0.25, 0.3) is 0 Å². The Morgan fingerprint density at radius 2 is 1.94 bits per heavy atom. The van der Waals surface area contributed by atoms with Gasteiger partial charge in [-0.05, 0) is 30.0 Å². The monoisotopic (exact) mass is 249 g/mol. The molecule has 2 heteroatoms. The van der Waals surface area contributed by atoms with Crippen molar-refractivity contribution >= 4 is 11.6 Å². The predicted octanol–water partition coefficient (Wildman–Crippen LogP) is 4.97. The fraction of sp³-hybridized carbons (Fsp3) is 0.533. The summed E-state index contributed by atoms with van der Waals surface area (Å²) in [6, 6.07) is 7.73. The molecule has 2 rings (SSSR count). The summed E-state index contributed by atoms with van der Waals surface area (Å²) in [5, 5.41) is 9.48. The largest absolute Gasteiger partial charge is 0.192 e. The second-order valence-corrected chi connectivity index (χ2v) is 4.68. The standard InChI is InChI=1S/C13H14ClN.C2H6/c14-13-8-11(9-15)5-6-12(13)7-10-3-1-2-4-10;1-2/h5-6,8,10H,1-4,7H2;1-2H3. The van der Waals surface area contributed by atoms with E-state index in [0.29, 0.717) is 5.56 Å². The Labute approximate surface area is 109 Å². The van der Waals surface area contributed by atoms with Crippen molar-refractivity contribution < 1.29 is 0 Å². The Kier molecular flexibility index (Phi) is 6.08. The van der Waals surface area contributed by atoms with Gasteiger partial charge in [-0.1, -0.05) is 57.2 Å². The third kappa shape index (κ3) is 4.06. The van der Waals surface area contributed by atoms with Crippen molar-refractivity contribution in [2.24, 2.45) is 5.92 Å². The fourth-order valence-electron chi connectivity index (χ4n) is 2.31. The summed E-state index contributed by atoms with van der Waals surface area (Å²) in [7, 11) is 0. The van der Waals surface area contributed by atoms with Crippen LogP contribution in [0, 0.1) is 17.2 Å². The van der Waals surface area contributed by atoms with Crippen molar-refractivity contribution in [1.29, 1.82) is 5.26 Å². The molecule has 0 spiro atoms. The second-order valence-electron chi connectivity index (χ2n) is 4.27. The van der Waals surface area contributed by atoms with Crippen molar-refractivity contribution in [2.45, 2.75) is 46.0 Å². The molecule has 0 aliphatic heterocycles. The van der Waals surface area contributed by atoms with E-state index >= 15 is 0 Å². The fourth-order valence-corrected chi connectivity index (χ4v) is 2.57. The van der Waals surface area contributed by atoms with Crippen molar-refractivity contribution in [2.75, 3.05) is 0 Å². The van der Waals surface area contributed by atoms with Gasteiger partial charge in [0, 0.05) is 5.02 Å². The molecule has 1 nitrogen and oxygen atoms in total. The van der Waals surface area contributed by atoms with Gasteiger partial charge in [0.1, 0.15) is 0 Å². The molecule has 1 aliphatic rings. The van der Waals surface area contributed by atoms with Gasteiger partial charge in [0.05, 0.1) is 11.6 Å². The molecule has 0 radical (unpaired) electrons. The molecule has 0 saturated heterocycles. The molecule has 0 N–H and O–H groups in total. The lowest BCUT2D eigenvalue weighted by Gasteiger charge is -2.10. The number of rotatable bonds is 2. The van der Waals surface area contributed by atoms with Crippen LogP contribution in [0.15, 0.2) is 18.2 Å². The summed E-state index contributed by atoms with van der Waals surface area (Å²) in [5.74, 6) is 0.801. The van der Waals surface area contributed by atoms with Gasteiger partial charge in [-0.2, -0.15) is 5.26 Å². The Balaban J connectivity index is 0.000000686. The van der Waals surface area contributed by atoms with Gasteiger partial charge in [0.25, 0.3) is 0 Å². The van der Waals surface area contributed by atoms with Crippen LogP contribution in [0.4, 0.5) is 0 Å². The summed E-state index contributed by atoms with van der Waals surface area (Å²) in [5.41, 5.74) is 1.85. The zero-order chi connectivity index (χ0) is 12.7. The maximum atomic E-state index is 8.73. The number of halogens is 1. The minimum Gasteiger partial charge on any atom is -0.192 e. The van der Waals surface area contributed by atoms with E-state index in [4.69, 9.17) is 16.9 Å². The highest BCUT2D eigenvalue weighted by Crippen LogP contribution is 2.30. The molecular formula is C15H20ClN. The normalized spacial score (nSPS) is 14.9. The minimum atomic E-state index is 0.648. The topological polar surface area (TPSA) is 23.8 Å². The van der Waals surface area contributed by atoms with Gasteiger partial charge >= 0.3 is 0 Å². The van der Waals surface area contributed by atoms with Crippen molar-refractivity contribution in [3.63, 3.8) is 0 Å². The number of hydrogen-bond donors (Lipinski definition) is 0. The molecule has 17 heavy (non-hydrogen) atoms. The summed E-state index contributed by atoms with van der Waals surface area (Å²) < 4.78 is 0. The molecule has 1 fully saturated rings. The molecule has 0 aromatic heterocycles. The lowest BCUT2D eigenvalue weighted by molar-refractivity contribution is 0.546. The molecule has 0 atom stereocenters. The number of nitrogens with zero attached hydrogens (tertiary/aromatic N) is 1. The SMILES string of the molecule is CC.N#Cc1ccc(CC2CCCC2)c(Cl)c1. The van der Waals surface area contributed by atoms with Crippen LogP contribution in [-0.4, -0.2) is 0 Å². The van der Waals surface area contributed by atoms with E-state index in [2.05, 4.69) is 6.07 Å². The molecule has 1 aliphatic carbocycles. The average molecular weight is 250 g/mol. The van der Waals surface area contributed by atoms with E-state index in [9.17, 15) is 0 Å². The van der Waals surface area contributed by atoms with Gasteiger partial charge in [0.2, 0.25) is 0 Å². The summed E-state index contributed by atoms with van der Waals surface area (Å²) >= 11 is 6.14. The van der Waals surface area contributed by atoms with Crippen LogP contribution in [0.3, 0.4) is 0 Å². The molecule has 1 aromatic rings. The molecule has 0 heterocycles. The number of benzene rings is 1. The van der Waals surface area contributed by atoms with Crippen LogP contribution < -0.4 is 0 Å². The van der Waals surface area contributed by atoms with Crippen molar-refractivity contribution in [3.8, 4) is 6.07 Å². The quantitative estimate of drug-likeness (QED) is 0.726. The van der Waals surface area contributed by atoms with Gasteiger partial charge in [-0.3, -0.25) is 0 Å². The van der Waals surface area contributed by atoms with Gasteiger partial charge in [-0.15, -0.1) is 0 Å². The van der Waals surface area contributed by atoms with Gasteiger partial charge < -0.3 is 0 Å². The van der Waals surface area contributed by atoms with E-state index in [-0.39, 0.29) is 0 Å². The van der Waals surface area contributed by atoms with E-state index in [1.165, 1.54) is 31.2 Å². The lowest BCUT2D eigenvalue weighted by atomic mass is 9.97. The Bertz CT molecular complexity index is 386. The number of nitriles is 1. The van der Waals surface area contributed by atoms with E-state index in [1.807, 2.05) is 26.0 Å². The first-order chi connectivity index (χ1) is 8.29. The predicted molar refractivity (Wildman–Crippen MR) is 73.2 cm³/mol. The second kappa shape index (κ2) is 7.35. The van der Waals surface area contributed by atoms with Crippen molar-refractivity contribution in [1.82, 2.24) is 0 Å². The molecule has 0 bridgehead atoms. The Morgan fingerprint density at radius 3 is 2.47 bits per heavy atom. The van der Waals surface area contributed by atoms with Crippen LogP contribution in [-0.2, 0) is 6.42 Å². The van der Waals surface area contributed by atoms with Crippen LogP contribution in [0.1, 0.15) is 50.7 Å². The van der Waals surface area contributed by atoms with Crippen LogP contribution in [0.2, 0.25) is 5.02 Å². The molecule has 1 aromatic carbocycles. The molecule has 1 saturated carbocycles.